The molecule has 0 atom stereocenters. The fraction of sp³-hybridized carbons (Fsp3) is 0.308. The molecule has 5 nitrogen and oxygen atoms in total. The van der Waals surface area contributed by atoms with Crippen LogP contribution in [-0.2, 0) is 6.42 Å². The van der Waals surface area contributed by atoms with E-state index in [-0.39, 0.29) is 5.91 Å². The summed E-state index contributed by atoms with van der Waals surface area (Å²) >= 11 is 1.23. The van der Waals surface area contributed by atoms with Gasteiger partial charge in [-0.05, 0) is 24.1 Å². The van der Waals surface area contributed by atoms with Crippen LogP contribution in [0.5, 0.6) is 0 Å². The number of hydrogen-bond donors (Lipinski definition) is 2. The molecular weight excluding hydrogens is 260 g/mol. The number of rotatable bonds is 5. The molecule has 0 radical (unpaired) electrons. The minimum Gasteiger partial charge on any atom is -0.363 e. The molecule has 0 spiro atoms. The number of carbonyl (C=O) groups is 1. The Balaban J connectivity index is 2.01. The first-order chi connectivity index (χ1) is 9.22. The Labute approximate surface area is 116 Å². The van der Waals surface area contributed by atoms with Crippen LogP contribution in [0.2, 0.25) is 0 Å². The molecule has 0 aliphatic rings. The van der Waals surface area contributed by atoms with Crippen LogP contribution in [0.25, 0.3) is 0 Å². The predicted molar refractivity (Wildman–Crippen MR) is 77.8 cm³/mol. The van der Waals surface area contributed by atoms with Gasteiger partial charge in [-0.15, -0.1) is 10.2 Å². The van der Waals surface area contributed by atoms with Crippen LogP contribution in [0.15, 0.2) is 24.3 Å². The van der Waals surface area contributed by atoms with Crippen LogP contribution < -0.4 is 10.6 Å². The maximum Gasteiger partial charge on any atom is 0.286 e. The Bertz CT molecular complexity index is 550. The number of nitrogens with zero attached hydrogens (tertiary/aromatic N) is 2. The number of nitrogens with one attached hydrogen (secondary N) is 2. The second kappa shape index (κ2) is 6.29. The molecular formula is C13H16N4OS. The summed E-state index contributed by atoms with van der Waals surface area (Å²) in [5.41, 5.74) is 2.04. The number of benzene rings is 1. The van der Waals surface area contributed by atoms with Crippen molar-refractivity contribution >= 4 is 28.1 Å². The number of amides is 1. The molecule has 0 aliphatic carbocycles. The van der Waals surface area contributed by atoms with Gasteiger partial charge in [0, 0.05) is 12.7 Å². The van der Waals surface area contributed by atoms with Crippen LogP contribution in [0, 0.1) is 0 Å². The number of hydrogen-bond acceptors (Lipinski definition) is 5. The van der Waals surface area contributed by atoms with Gasteiger partial charge in [0.25, 0.3) is 5.91 Å². The van der Waals surface area contributed by atoms with E-state index in [1.165, 1.54) is 16.9 Å². The summed E-state index contributed by atoms with van der Waals surface area (Å²) in [5, 5.41) is 14.3. The molecule has 2 aromatic rings. The van der Waals surface area contributed by atoms with Gasteiger partial charge < -0.3 is 10.6 Å². The topological polar surface area (TPSA) is 66.9 Å². The maximum atomic E-state index is 11.9. The van der Waals surface area contributed by atoms with E-state index in [4.69, 9.17) is 0 Å². The molecule has 0 fully saturated rings. The van der Waals surface area contributed by atoms with Crippen LogP contribution >= 0.6 is 11.3 Å². The summed E-state index contributed by atoms with van der Waals surface area (Å²) < 4.78 is 0. The highest BCUT2D eigenvalue weighted by Gasteiger charge is 2.12. The van der Waals surface area contributed by atoms with Crippen molar-refractivity contribution in [2.75, 3.05) is 17.7 Å². The Kier molecular flexibility index (Phi) is 4.46. The molecule has 19 heavy (non-hydrogen) atoms. The smallest absolute Gasteiger partial charge is 0.286 e. The van der Waals surface area contributed by atoms with Crippen molar-refractivity contribution in [1.82, 2.24) is 10.2 Å². The normalized spacial score (nSPS) is 10.2. The van der Waals surface area contributed by atoms with E-state index < -0.39 is 0 Å². The fourth-order valence-electron chi connectivity index (χ4n) is 1.64. The summed E-state index contributed by atoms with van der Waals surface area (Å²) in [6.07, 6.45) is 2.17. The molecule has 100 valence electrons. The lowest BCUT2D eigenvalue weighted by Gasteiger charge is -2.04. The van der Waals surface area contributed by atoms with Crippen molar-refractivity contribution in [1.29, 1.82) is 0 Å². The predicted octanol–water partition coefficient (Wildman–Crippen LogP) is 2.78. The SMILES string of the molecule is CCCc1ccc(NC(=O)c2nnc(NC)s2)cc1. The highest BCUT2D eigenvalue weighted by molar-refractivity contribution is 7.17. The second-order valence-electron chi connectivity index (χ2n) is 4.06. The number of aryl methyl sites for hydroxylation is 1. The third-order valence-corrected chi connectivity index (χ3v) is 3.52. The molecule has 1 aromatic heterocycles. The summed E-state index contributed by atoms with van der Waals surface area (Å²) in [6.45, 7) is 2.14. The Morgan fingerprint density at radius 1 is 1.26 bits per heavy atom. The van der Waals surface area contributed by atoms with Gasteiger partial charge >= 0.3 is 0 Å². The molecule has 0 saturated heterocycles. The monoisotopic (exact) mass is 276 g/mol. The van der Waals surface area contributed by atoms with Crippen LogP contribution in [0.3, 0.4) is 0 Å². The van der Waals surface area contributed by atoms with Crippen molar-refractivity contribution < 1.29 is 4.79 Å². The minimum absolute atomic E-state index is 0.234. The summed E-state index contributed by atoms with van der Waals surface area (Å²) in [6, 6.07) is 7.86. The van der Waals surface area contributed by atoms with E-state index in [1.807, 2.05) is 24.3 Å². The van der Waals surface area contributed by atoms with E-state index in [9.17, 15) is 4.79 Å². The van der Waals surface area contributed by atoms with Crippen LogP contribution in [0.4, 0.5) is 10.8 Å². The van der Waals surface area contributed by atoms with Crippen LogP contribution in [0.1, 0.15) is 28.7 Å². The minimum atomic E-state index is -0.234. The molecule has 0 unspecified atom stereocenters. The lowest BCUT2D eigenvalue weighted by molar-refractivity contribution is 0.102. The summed E-state index contributed by atoms with van der Waals surface area (Å²) in [7, 11) is 1.74. The average molecular weight is 276 g/mol. The van der Waals surface area contributed by atoms with Gasteiger partial charge in [0.15, 0.2) is 0 Å². The van der Waals surface area contributed by atoms with Crippen molar-refractivity contribution in [2.45, 2.75) is 19.8 Å². The zero-order valence-electron chi connectivity index (χ0n) is 10.9. The lowest BCUT2D eigenvalue weighted by Crippen LogP contribution is -2.11. The number of carbonyl (C=O) groups excluding carboxylic acids is 1. The van der Waals surface area contributed by atoms with E-state index in [0.717, 1.165) is 18.5 Å². The van der Waals surface area contributed by atoms with Gasteiger partial charge in [-0.1, -0.05) is 36.8 Å². The molecule has 0 aliphatic heterocycles. The quantitative estimate of drug-likeness (QED) is 0.881. The van der Waals surface area contributed by atoms with Gasteiger partial charge in [0.1, 0.15) is 0 Å². The van der Waals surface area contributed by atoms with E-state index >= 15 is 0 Å². The highest BCUT2D eigenvalue weighted by Crippen LogP contribution is 2.17. The van der Waals surface area contributed by atoms with Gasteiger partial charge in [0.05, 0.1) is 0 Å². The standard InChI is InChI=1S/C13H16N4OS/c1-3-4-9-5-7-10(8-6-9)15-11(18)12-16-17-13(14-2)19-12/h5-8H,3-4H2,1-2H3,(H,14,17)(H,15,18). The molecule has 1 heterocycles. The Morgan fingerprint density at radius 3 is 2.58 bits per heavy atom. The largest absolute Gasteiger partial charge is 0.363 e. The Morgan fingerprint density at radius 2 is 2.00 bits per heavy atom. The van der Waals surface area contributed by atoms with Crippen molar-refractivity contribution in [3.63, 3.8) is 0 Å². The van der Waals surface area contributed by atoms with Crippen molar-refractivity contribution in [2.24, 2.45) is 0 Å². The molecule has 0 saturated carbocycles. The third-order valence-electron chi connectivity index (χ3n) is 2.58. The molecule has 1 amide bonds. The summed E-state index contributed by atoms with van der Waals surface area (Å²) in [5.74, 6) is -0.234. The molecule has 1 aromatic carbocycles. The van der Waals surface area contributed by atoms with Crippen LogP contribution in [-0.4, -0.2) is 23.2 Å². The van der Waals surface area contributed by atoms with E-state index in [0.29, 0.717) is 10.1 Å². The average Bonchev–Trinajstić information content (AvgIpc) is 2.90. The lowest BCUT2D eigenvalue weighted by atomic mass is 10.1. The van der Waals surface area contributed by atoms with Gasteiger partial charge in [-0.3, -0.25) is 4.79 Å². The molecule has 6 heteroatoms. The highest BCUT2D eigenvalue weighted by atomic mass is 32.1. The van der Waals surface area contributed by atoms with Crippen molar-refractivity contribution in [3.05, 3.63) is 34.8 Å². The zero-order valence-corrected chi connectivity index (χ0v) is 11.8. The maximum absolute atomic E-state index is 11.9. The Hall–Kier alpha value is -1.95. The summed E-state index contributed by atoms with van der Waals surface area (Å²) in [4.78, 5) is 11.9. The second-order valence-corrected chi connectivity index (χ2v) is 5.04. The number of anilines is 2. The fourth-order valence-corrected chi connectivity index (χ4v) is 2.24. The van der Waals surface area contributed by atoms with E-state index in [2.05, 4.69) is 27.8 Å². The first-order valence-electron chi connectivity index (χ1n) is 6.14. The number of aromatic nitrogens is 2. The first kappa shape index (κ1) is 13.5. The molecule has 2 N–H and O–H groups in total. The first-order valence-corrected chi connectivity index (χ1v) is 6.96. The van der Waals surface area contributed by atoms with E-state index in [1.54, 1.807) is 7.05 Å². The van der Waals surface area contributed by atoms with Gasteiger partial charge in [-0.2, -0.15) is 0 Å². The van der Waals surface area contributed by atoms with Gasteiger partial charge in [0.2, 0.25) is 10.1 Å². The van der Waals surface area contributed by atoms with Gasteiger partial charge in [-0.25, -0.2) is 0 Å². The third kappa shape index (κ3) is 3.51. The molecule has 0 bridgehead atoms. The van der Waals surface area contributed by atoms with Crippen molar-refractivity contribution in [3.8, 4) is 0 Å². The molecule has 2 rings (SSSR count). The zero-order chi connectivity index (χ0) is 13.7.